The molecule has 3 amide bonds. The van der Waals surface area contributed by atoms with Crippen LogP contribution in [0.1, 0.15) is 31.2 Å². The fourth-order valence-corrected chi connectivity index (χ4v) is 3.95. The number of imide groups is 1. The number of likely N-dealkylation sites (tertiary alicyclic amines) is 1. The summed E-state index contributed by atoms with van der Waals surface area (Å²) in [6.45, 7) is -3.78. The number of carbonyl (C=O) groups excluding carboxylic acids is 4. The van der Waals surface area contributed by atoms with Crippen molar-refractivity contribution in [1.29, 1.82) is 0 Å². The molecule has 1 aromatic rings. The molecule has 2 atom stereocenters. The van der Waals surface area contributed by atoms with Crippen molar-refractivity contribution in [1.82, 2.24) is 9.80 Å². The van der Waals surface area contributed by atoms with Crippen LogP contribution in [0, 0.1) is 11.8 Å². The number of hydrogen-bond acceptors (Lipinski definition) is 6. The molecule has 1 aromatic carbocycles. The van der Waals surface area contributed by atoms with E-state index < -0.39 is 31.6 Å². The van der Waals surface area contributed by atoms with Gasteiger partial charge in [0.15, 0.2) is 6.61 Å². The van der Waals surface area contributed by atoms with E-state index in [1.54, 1.807) is 0 Å². The predicted octanol–water partition coefficient (Wildman–Crippen LogP) is 1.96. The van der Waals surface area contributed by atoms with Crippen molar-refractivity contribution in [2.45, 2.75) is 38.8 Å². The summed E-state index contributed by atoms with van der Waals surface area (Å²) in [5.41, 5.74) is 0.666. The first-order valence-corrected chi connectivity index (χ1v) is 10.0. The standard InChI is InChI=1S/C21H24F2N2O6/c1-24(10-13-6-8-14(9-7-13)31-21(22)23)17(26)12-30-18(27)11-25-19(28)15-4-2-3-5-16(15)20(25)29/h6-9,15-16,21H,2-5,10-12H2,1H3. The number of fused-ring (bicyclic) bond motifs is 1. The summed E-state index contributed by atoms with van der Waals surface area (Å²) in [5.74, 6) is -2.68. The van der Waals surface area contributed by atoms with E-state index in [1.807, 2.05) is 0 Å². The Morgan fingerprint density at radius 1 is 1.10 bits per heavy atom. The Hall–Kier alpha value is -3.04. The predicted molar refractivity (Wildman–Crippen MR) is 103 cm³/mol. The van der Waals surface area contributed by atoms with Gasteiger partial charge in [-0.05, 0) is 30.5 Å². The summed E-state index contributed by atoms with van der Waals surface area (Å²) in [7, 11) is 1.50. The molecule has 1 heterocycles. The van der Waals surface area contributed by atoms with Gasteiger partial charge in [0.05, 0.1) is 11.8 Å². The van der Waals surface area contributed by atoms with E-state index in [-0.39, 0.29) is 35.9 Å². The monoisotopic (exact) mass is 438 g/mol. The van der Waals surface area contributed by atoms with Crippen LogP contribution in [0.2, 0.25) is 0 Å². The molecule has 8 nitrogen and oxygen atoms in total. The van der Waals surface area contributed by atoms with Crippen molar-refractivity contribution in [3.8, 4) is 5.75 Å². The quantitative estimate of drug-likeness (QED) is 0.455. The van der Waals surface area contributed by atoms with Crippen LogP contribution in [-0.4, -0.2) is 60.3 Å². The Morgan fingerprint density at radius 2 is 1.68 bits per heavy atom. The fraction of sp³-hybridized carbons (Fsp3) is 0.524. The average Bonchev–Trinajstić information content (AvgIpc) is 2.98. The maximum Gasteiger partial charge on any atom is 0.387 e. The number of hydrogen-bond donors (Lipinski definition) is 0. The molecule has 2 fully saturated rings. The lowest BCUT2D eigenvalue weighted by Crippen LogP contribution is -2.38. The van der Waals surface area contributed by atoms with Gasteiger partial charge in [0.25, 0.3) is 5.91 Å². The van der Waals surface area contributed by atoms with Crippen molar-refractivity contribution >= 4 is 23.7 Å². The third-order valence-electron chi connectivity index (χ3n) is 5.57. The van der Waals surface area contributed by atoms with Crippen LogP contribution in [0.3, 0.4) is 0 Å². The lowest BCUT2D eigenvalue weighted by molar-refractivity contribution is -0.156. The normalized spacial score (nSPS) is 20.6. The van der Waals surface area contributed by atoms with Gasteiger partial charge in [-0.3, -0.25) is 24.1 Å². The van der Waals surface area contributed by atoms with E-state index in [1.165, 1.54) is 36.2 Å². The van der Waals surface area contributed by atoms with Gasteiger partial charge >= 0.3 is 12.6 Å². The zero-order valence-corrected chi connectivity index (χ0v) is 17.1. The molecule has 0 radical (unpaired) electrons. The SMILES string of the molecule is CN(Cc1ccc(OC(F)F)cc1)C(=O)COC(=O)CN1C(=O)C2CCCCC2C1=O. The Kier molecular flexibility index (Phi) is 7.19. The van der Waals surface area contributed by atoms with Crippen molar-refractivity contribution in [3.63, 3.8) is 0 Å². The molecule has 1 saturated carbocycles. The molecule has 0 bridgehead atoms. The lowest BCUT2D eigenvalue weighted by atomic mass is 9.81. The Bertz CT molecular complexity index is 821. The van der Waals surface area contributed by atoms with Gasteiger partial charge in [-0.15, -0.1) is 0 Å². The number of carbonyl (C=O) groups is 4. The van der Waals surface area contributed by atoms with Gasteiger partial charge in [-0.2, -0.15) is 8.78 Å². The number of nitrogens with zero attached hydrogens (tertiary/aromatic N) is 2. The maximum atomic E-state index is 12.4. The van der Waals surface area contributed by atoms with E-state index in [0.29, 0.717) is 18.4 Å². The van der Waals surface area contributed by atoms with Crippen LogP contribution in [0.4, 0.5) is 8.78 Å². The first-order valence-electron chi connectivity index (χ1n) is 10.0. The molecule has 2 unspecified atom stereocenters. The molecule has 2 aliphatic rings. The Labute approximate surface area is 178 Å². The number of rotatable bonds is 8. The van der Waals surface area contributed by atoms with Crippen LogP contribution < -0.4 is 4.74 Å². The molecule has 0 spiro atoms. The first-order chi connectivity index (χ1) is 14.8. The van der Waals surface area contributed by atoms with Crippen molar-refractivity contribution in [2.24, 2.45) is 11.8 Å². The minimum Gasteiger partial charge on any atom is -0.454 e. The molecule has 31 heavy (non-hydrogen) atoms. The maximum absolute atomic E-state index is 12.4. The molecule has 168 valence electrons. The number of amides is 3. The molecular weight excluding hydrogens is 414 g/mol. The third-order valence-corrected chi connectivity index (χ3v) is 5.57. The van der Waals surface area contributed by atoms with Gasteiger partial charge in [-0.1, -0.05) is 25.0 Å². The topological polar surface area (TPSA) is 93.2 Å². The third kappa shape index (κ3) is 5.56. The molecular formula is C21H24F2N2O6. The van der Waals surface area contributed by atoms with E-state index in [9.17, 15) is 28.0 Å². The minimum atomic E-state index is -2.92. The van der Waals surface area contributed by atoms with Crippen LogP contribution in [0.25, 0.3) is 0 Å². The summed E-state index contributed by atoms with van der Waals surface area (Å²) in [6, 6.07) is 5.80. The number of alkyl halides is 2. The number of ether oxygens (including phenoxy) is 2. The van der Waals surface area contributed by atoms with Gasteiger partial charge < -0.3 is 14.4 Å². The van der Waals surface area contributed by atoms with Crippen LogP contribution >= 0.6 is 0 Å². The fourth-order valence-electron chi connectivity index (χ4n) is 3.95. The van der Waals surface area contributed by atoms with Gasteiger partial charge in [0.1, 0.15) is 12.3 Å². The highest BCUT2D eigenvalue weighted by molar-refractivity contribution is 6.07. The molecule has 10 heteroatoms. The zero-order valence-electron chi connectivity index (χ0n) is 17.1. The molecule has 1 aliphatic carbocycles. The van der Waals surface area contributed by atoms with Crippen molar-refractivity contribution < 1.29 is 37.4 Å². The summed E-state index contributed by atoms with van der Waals surface area (Å²) >= 11 is 0. The summed E-state index contributed by atoms with van der Waals surface area (Å²) < 4.78 is 33.6. The number of likely N-dealkylation sites (N-methyl/N-ethyl adjacent to an activating group) is 1. The minimum absolute atomic E-state index is 0.00695. The average molecular weight is 438 g/mol. The largest absolute Gasteiger partial charge is 0.454 e. The van der Waals surface area contributed by atoms with Crippen LogP contribution in [-0.2, 0) is 30.5 Å². The highest BCUT2D eigenvalue weighted by Gasteiger charge is 2.48. The van der Waals surface area contributed by atoms with Crippen LogP contribution in [0.15, 0.2) is 24.3 Å². The number of esters is 1. The van der Waals surface area contributed by atoms with E-state index in [2.05, 4.69) is 4.74 Å². The van der Waals surface area contributed by atoms with Gasteiger partial charge in [-0.25, -0.2) is 0 Å². The van der Waals surface area contributed by atoms with Crippen LogP contribution in [0.5, 0.6) is 5.75 Å². The van der Waals surface area contributed by atoms with Crippen molar-refractivity contribution in [3.05, 3.63) is 29.8 Å². The highest BCUT2D eigenvalue weighted by atomic mass is 19.3. The molecule has 1 saturated heterocycles. The molecule has 3 rings (SSSR count). The highest BCUT2D eigenvalue weighted by Crippen LogP contribution is 2.37. The summed E-state index contributed by atoms with van der Waals surface area (Å²) in [4.78, 5) is 51.3. The second-order valence-corrected chi connectivity index (χ2v) is 7.69. The van der Waals surface area contributed by atoms with Gasteiger partial charge in [0.2, 0.25) is 11.8 Å². The summed E-state index contributed by atoms with van der Waals surface area (Å²) in [5, 5.41) is 0. The second kappa shape index (κ2) is 9.84. The molecule has 1 aliphatic heterocycles. The molecule has 0 aromatic heterocycles. The summed E-state index contributed by atoms with van der Waals surface area (Å²) in [6.07, 6.45) is 3.08. The first kappa shape index (κ1) is 22.6. The van der Waals surface area contributed by atoms with E-state index >= 15 is 0 Å². The van der Waals surface area contributed by atoms with E-state index in [0.717, 1.165) is 17.7 Å². The lowest BCUT2D eigenvalue weighted by Gasteiger charge is -2.19. The Balaban J connectivity index is 1.45. The number of halogens is 2. The Morgan fingerprint density at radius 3 is 2.23 bits per heavy atom. The number of benzene rings is 1. The van der Waals surface area contributed by atoms with Gasteiger partial charge in [0, 0.05) is 13.6 Å². The second-order valence-electron chi connectivity index (χ2n) is 7.69. The van der Waals surface area contributed by atoms with E-state index in [4.69, 9.17) is 4.74 Å². The molecule has 0 N–H and O–H groups in total. The zero-order chi connectivity index (χ0) is 22.5. The smallest absolute Gasteiger partial charge is 0.387 e. The van der Waals surface area contributed by atoms with Crippen molar-refractivity contribution in [2.75, 3.05) is 20.2 Å².